The van der Waals surface area contributed by atoms with E-state index >= 15 is 0 Å². The van der Waals surface area contributed by atoms with Gasteiger partial charge in [-0.05, 0) is 51.9 Å². The quantitative estimate of drug-likeness (QED) is 0.731. The number of hydrogen-bond donors (Lipinski definition) is 0. The molecule has 0 radical (unpaired) electrons. The van der Waals surface area contributed by atoms with Gasteiger partial charge in [-0.15, -0.1) is 0 Å². The summed E-state index contributed by atoms with van der Waals surface area (Å²) in [6.07, 6.45) is 8.81. The molecule has 1 aliphatic carbocycles. The van der Waals surface area contributed by atoms with Gasteiger partial charge >= 0.3 is 0 Å². The molecule has 1 atom stereocenters. The highest BCUT2D eigenvalue weighted by atomic mass is 32.2. The molecule has 0 N–H and O–H groups in total. The van der Waals surface area contributed by atoms with Crippen LogP contribution in [0.2, 0.25) is 0 Å². The smallest absolute Gasteiger partial charge is 0.228 e. The molecule has 3 heterocycles. The van der Waals surface area contributed by atoms with Crippen molar-refractivity contribution in [3.05, 3.63) is 17.1 Å². The van der Waals surface area contributed by atoms with Gasteiger partial charge in [0.15, 0.2) is 0 Å². The van der Waals surface area contributed by atoms with Crippen LogP contribution in [0.15, 0.2) is 0 Å². The Balaban J connectivity index is 1.68. The van der Waals surface area contributed by atoms with Crippen LogP contribution in [0.25, 0.3) is 0 Å². The van der Waals surface area contributed by atoms with Gasteiger partial charge in [0.1, 0.15) is 11.6 Å². The van der Waals surface area contributed by atoms with Crippen LogP contribution in [0, 0.1) is 12.8 Å². The molecule has 1 aromatic rings. The van der Waals surface area contributed by atoms with E-state index in [9.17, 15) is 13.2 Å². The van der Waals surface area contributed by atoms with E-state index in [1.54, 1.807) is 11.2 Å². The third-order valence-electron chi connectivity index (χ3n) is 6.74. The summed E-state index contributed by atoms with van der Waals surface area (Å²) in [6.45, 7) is 4.88. The maximum absolute atomic E-state index is 12.8. The molecule has 1 saturated carbocycles. The molecule has 3 aliphatic rings. The minimum Gasteiger partial charge on any atom is -0.296 e. The van der Waals surface area contributed by atoms with E-state index < -0.39 is 10.0 Å². The third-order valence-corrected chi connectivity index (χ3v) is 8.63. The number of nitrogens with zero attached hydrogens (tertiary/aromatic N) is 4. The van der Waals surface area contributed by atoms with Crippen LogP contribution in [0.4, 0.5) is 5.82 Å². The van der Waals surface area contributed by atoms with E-state index in [0.29, 0.717) is 31.1 Å². The molecule has 0 spiro atoms. The number of aromatic nitrogens is 2. The minimum absolute atomic E-state index is 0.0830. The maximum atomic E-state index is 12.8. The normalized spacial score (nSPS) is 24.1. The molecule has 160 valence electrons. The summed E-state index contributed by atoms with van der Waals surface area (Å²) in [5.41, 5.74) is 1.93. The molecular formula is C21H32N4O3S. The summed E-state index contributed by atoms with van der Waals surface area (Å²) in [4.78, 5) is 24.2. The summed E-state index contributed by atoms with van der Waals surface area (Å²) in [6, 6.07) is -0.322. The SMILES string of the molecule is CCS(=O)(=O)N1CCC[C@H]1c1nc(C)c2c(n1)N(CC1CCCCC1)C(=O)CC2. The van der Waals surface area contributed by atoms with Crippen LogP contribution in [-0.4, -0.2) is 47.4 Å². The van der Waals surface area contributed by atoms with Gasteiger partial charge in [0.25, 0.3) is 0 Å². The number of carbonyl (C=O) groups excluding carboxylic acids is 1. The number of hydrogen-bond acceptors (Lipinski definition) is 5. The molecule has 1 aromatic heterocycles. The summed E-state index contributed by atoms with van der Waals surface area (Å²) < 4.78 is 26.6. The highest BCUT2D eigenvalue weighted by Gasteiger charge is 2.38. The van der Waals surface area contributed by atoms with Crippen LogP contribution in [0.5, 0.6) is 0 Å². The van der Waals surface area contributed by atoms with Crippen LogP contribution < -0.4 is 4.90 Å². The monoisotopic (exact) mass is 420 g/mol. The van der Waals surface area contributed by atoms with E-state index in [0.717, 1.165) is 36.5 Å². The van der Waals surface area contributed by atoms with Gasteiger partial charge in [-0.25, -0.2) is 18.4 Å². The lowest BCUT2D eigenvalue weighted by atomic mass is 9.88. The number of carbonyl (C=O) groups is 1. The molecule has 4 rings (SSSR count). The van der Waals surface area contributed by atoms with Gasteiger partial charge in [0.2, 0.25) is 15.9 Å². The first-order valence-electron chi connectivity index (χ1n) is 11.1. The number of sulfonamides is 1. The molecule has 0 unspecified atom stereocenters. The molecule has 29 heavy (non-hydrogen) atoms. The van der Waals surface area contributed by atoms with Crippen molar-refractivity contribution in [1.29, 1.82) is 0 Å². The van der Waals surface area contributed by atoms with Crippen molar-refractivity contribution in [2.24, 2.45) is 5.92 Å². The zero-order chi connectivity index (χ0) is 20.6. The van der Waals surface area contributed by atoms with Crippen molar-refractivity contribution in [3.8, 4) is 0 Å². The van der Waals surface area contributed by atoms with E-state index in [1.165, 1.54) is 32.1 Å². The minimum atomic E-state index is -3.30. The van der Waals surface area contributed by atoms with Crippen molar-refractivity contribution >= 4 is 21.7 Å². The first kappa shape index (κ1) is 20.7. The Morgan fingerprint density at radius 3 is 2.52 bits per heavy atom. The standard InChI is InChI=1S/C21H32N4O3S/c1-3-29(27,28)25-13-7-10-18(25)20-22-15(2)17-11-12-19(26)24(21(17)23-20)14-16-8-5-4-6-9-16/h16,18H,3-14H2,1-2H3/t18-/m0/s1. The molecule has 7 nitrogen and oxygen atoms in total. The molecule has 8 heteroatoms. The van der Waals surface area contributed by atoms with Crippen LogP contribution >= 0.6 is 0 Å². The topological polar surface area (TPSA) is 83.5 Å². The van der Waals surface area contributed by atoms with Crippen molar-refractivity contribution in [2.45, 2.75) is 77.7 Å². The molecule has 1 saturated heterocycles. The molecule has 0 bridgehead atoms. The molecular weight excluding hydrogens is 388 g/mol. The number of amides is 1. The van der Waals surface area contributed by atoms with Crippen LogP contribution in [0.1, 0.15) is 81.4 Å². The van der Waals surface area contributed by atoms with Crippen LogP contribution in [-0.2, 0) is 21.2 Å². The molecule has 1 amide bonds. The highest BCUT2D eigenvalue weighted by molar-refractivity contribution is 7.89. The third kappa shape index (κ3) is 4.06. The number of fused-ring (bicyclic) bond motifs is 1. The van der Waals surface area contributed by atoms with Gasteiger partial charge in [0.05, 0.1) is 11.8 Å². The lowest BCUT2D eigenvalue weighted by molar-refractivity contribution is -0.119. The second-order valence-corrected chi connectivity index (χ2v) is 10.9. The number of aryl methyl sites for hydroxylation is 1. The Morgan fingerprint density at radius 1 is 1.03 bits per heavy atom. The summed E-state index contributed by atoms with van der Waals surface area (Å²) >= 11 is 0. The van der Waals surface area contributed by atoms with Gasteiger partial charge < -0.3 is 0 Å². The summed E-state index contributed by atoms with van der Waals surface area (Å²) in [5, 5.41) is 0. The zero-order valence-electron chi connectivity index (χ0n) is 17.6. The Morgan fingerprint density at radius 2 is 1.79 bits per heavy atom. The average molecular weight is 421 g/mol. The first-order valence-corrected chi connectivity index (χ1v) is 12.7. The number of anilines is 1. The highest BCUT2D eigenvalue weighted by Crippen LogP contribution is 2.37. The van der Waals surface area contributed by atoms with Crippen molar-refractivity contribution < 1.29 is 13.2 Å². The zero-order valence-corrected chi connectivity index (χ0v) is 18.4. The lowest BCUT2D eigenvalue weighted by Crippen LogP contribution is -2.41. The van der Waals surface area contributed by atoms with Gasteiger partial charge in [-0.3, -0.25) is 9.69 Å². The van der Waals surface area contributed by atoms with Gasteiger partial charge in [0, 0.05) is 30.8 Å². The van der Waals surface area contributed by atoms with E-state index in [4.69, 9.17) is 9.97 Å². The maximum Gasteiger partial charge on any atom is 0.228 e. The average Bonchev–Trinajstić information content (AvgIpc) is 3.22. The van der Waals surface area contributed by atoms with Gasteiger partial charge in [-0.1, -0.05) is 19.3 Å². The Labute approximate surface area is 173 Å². The predicted octanol–water partition coefficient (Wildman–Crippen LogP) is 3.13. The first-order chi connectivity index (χ1) is 13.9. The van der Waals surface area contributed by atoms with E-state index in [2.05, 4.69) is 0 Å². The van der Waals surface area contributed by atoms with E-state index in [-0.39, 0.29) is 17.7 Å². The summed E-state index contributed by atoms with van der Waals surface area (Å²) in [5.74, 6) is 2.03. The fourth-order valence-electron chi connectivity index (χ4n) is 5.07. The lowest BCUT2D eigenvalue weighted by Gasteiger charge is -2.34. The summed E-state index contributed by atoms with van der Waals surface area (Å²) in [7, 11) is -3.30. The second-order valence-electron chi connectivity index (χ2n) is 8.65. The Bertz CT molecular complexity index is 880. The Kier molecular flexibility index (Phi) is 5.93. The largest absolute Gasteiger partial charge is 0.296 e. The second kappa shape index (κ2) is 8.30. The van der Waals surface area contributed by atoms with Crippen molar-refractivity contribution in [3.63, 3.8) is 0 Å². The van der Waals surface area contributed by atoms with Gasteiger partial charge in [-0.2, -0.15) is 4.31 Å². The predicted molar refractivity (Wildman–Crippen MR) is 112 cm³/mol. The number of rotatable bonds is 5. The Hall–Kier alpha value is -1.54. The fourth-order valence-corrected chi connectivity index (χ4v) is 6.39. The van der Waals surface area contributed by atoms with E-state index in [1.807, 2.05) is 11.8 Å². The fraction of sp³-hybridized carbons (Fsp3) is 0.762. The molecule has 0 aromatic carbocycles. The van der Waals surface area contributed by atoms with Crippen molar-refractivity contribution in [2.75, 3.05) is 23.7 Å². The van der Waals surface area contributed by atoms with Crippen LogP contribution in [0.3, 0.4) is 0 Å². The van der Waals surface area contributed by atoms with Crippen molar-refractivity contribution in [1.82, 2.24) is 14.3 Å². The molecule has 2 fully saturated rings. The molecule has 2 aliphatic heterocycles.